The molecule has 0 saturated heterocycles. The number of nitrogens with one attached hydrogen (secondary N) is 2. The van der Waals surface area contributed by atoms with Gasteiger partial charge in [-0.1, -0.05) is 12.8 Å². The van der Waals surface area contributed by atoms with Crippen molar-refractivity contribution in [2.75, 3.05) is 27.2 Å². The fourth-order valence-electron chi connectivity index (χ4n) is 3.17. The van der Waals surface area contributed by atoms with E-state index in [0.717, 1.165) is 6.54 Å². The Morgan fingerprint density at radius 1 is 1.27 bits per heavy atom. The molecule has 1 aliphatic rings. The lowest BCUT2D eigenvalue weighted by Gasteiger charge is -2.35. The highest BCUT2D eigenvalue weighted by Crippen LogP contribution is 2.24. The zero-order chi connectivity index (χ0) is 16.8. The van der Waals surface area contributed by atoms with Crippen molar-refractivity contribution in [3.63, 3.8) is 0 Å². The van der Waals surface area contributed by atoms with Crippen molar-refractivity contribution in [2.45, 2.75) is 71.1 Å². The van der Waals surface area contributed by atoms with Gasteiger partial charge in [-0.05, 0) is 60.5 Å². The first-order chi connectivity index (χ1) is 10.2. The normalized spacial score (nSPS) is 24.1. The number of alkyl carbamates (subject to hydrolysis) is 1. The zero-order valence-corrected chi connectivity index (χ0v) is 15.2. The van der Waals surface area contributed by atoms with Crippen LogP contribution in [0.1, 0.15) is 53.4 Å². The highest BCUT2D eigenvalue weighted by Gasteiger charge is 2.27. The quantitative estimate of drug-likeness (QED) is 0.791. The van der Waals surface area contributed by atoms with Crippen LogP contribution in [0.15, 0.2) is 0 Å². The summed E-state index contributed by atoms with van der Waals surface area (Å²) in [6.45, 7) is 9.62. The molecule has 1 aliphatic carbocycles. The van der Waals surface area contributed by atoms with Gasteiger partial charge >= 0.3 is 6.09 Å². The van der Waals surface area contributed by atoms with Gasteiger partial charge in [0.05, 0.1) is 0 Å². The van der Waals surface area contributed by atoms with Crippen LogP contribution in [0.5, 0.6) is 0 Å². The van der Waals surface area contributed by atoms with Crippen LogP contribution in [0, 0.1) is 5.92 Å². The van der Waals surface area contributed by atoms with Gasteiger partial charge in [-0.3, -0.25) is 0 Å². The van der Waals surface area contributed by atoms with Gasteiger partial charge in [0, 0.05) is 25.2 Å². The third-order valence-electron chi connectivity index (χ3n) is 3.95. The Morgan fingerprint density at radius 3 is 2.50 bits per heavy atom. The summed E-state index contributed by atoms with van der Waals surface area (Å²) in [5, 5.41) is 6.68. The van der Waals surface area contributed by atoms with Crippen LogP contribution < -0.4 is 10.6 Å². The second kappa shape index (κ2) is 8.73. The van der Waals surface area contributed by atoms with Gasteiger partial charge in [0.2, 0.25) is 0 Å². The molecule has 5 heteroatoms. The number of amides is 1. The monoisotopic (exact) mass is 313 g/mol. The maximum Gasteiger partial charge on any atom is 0.407 e. The molecule has 1 saturated carbocycles. The fourth-order valence-corrected chi connectivity index (χ4v) is 3.17. The molecular weight excluding hydrogens is 278 g/mol. The van der Waals surface area contributed by atoms with E-state index in [-0.39, 0.29) is 6.09 Å². The number of hydrogen-bond acceptors (Lipinski definition) is 4. The number of hydrogen-bond donors (Lipinski definition) is 2. The van der Waals surface area contributed by atoms with Crippen molar-refractivity contribution in [3.05, 3.63) is 0 Å². The van der Waals surface area contributed by atoms with Gasteiger partial charge in [-0.2, -0.15) is 0 Å². The average molecular weight is 313 g/mol. The highest BCUT2D eigenvalue weighted by atomic mass is 16.6. The summed E-state index contributed by atoms with van der Waals surface area (Å²) in [5.41, 5.74) is -0.436. The van der Waals surface area contributed by atoms with Gasteiger partial charge in [-0.25, -0.2) is 4.79 Å². The number of rotatable bonds is 6. The van der Waals surface area contributed by atoms with Crippen LogP contribution in [0.2, 0.25) is 0 Å². The molecule has 1 rings (SSSR count). The lowest BCUT2D eigenvalue weighted by atomic mass is 9.84. The van der Waals surface area contributed by atoms with Crippen molar-refractivity contribution in [1.82, 2.24) is 15.5 Å². The second-order valence-corrected chi connectivity index (χ2v) is 7.86. The molecule has 0 aromatic carbocycles. The minimum atomic E-state index is -0.436. The molecule has 0 heterocycles. The first-order valence-electron chi connectivity index (χ1n) is 8.55. The van der Waals surface area contributed by atoms with Gasteiger partial charge in [0.1, 0.15) is 5.60 Å². The first-order valence-corrected chi connectivity index (χ1v) is 8.55. The molecule has 0 aromatic rings. The summed E-state index contributed by atoms with van der Waals surface area (Å²) in [6, 6.07) is 0.945. The minimum Gasteiger partial charge on any atom is -0.444 e. The van der Waals surface area contributed by atoms with Crippen LogP contribution in [-0.4, -0.2) is 55.9 Å². The Morgan fingerprint density at radius 2 is 1.91 bits per heavy atom. The van der Waals surface area contributed by atoms with E-state index in [0.29, 0.717) is 24.5 Å². The van der Waals surface area contributed by atoms with E-state index in [1.165, 1.54) is 25.7 Å². The number of nitrogens with zero attached hydrogens (tertiary/aromatic N) is 1. The second-order valence-electron chi connectivity index (χ2n) is 7.86. The largest absolute Gasteiger partial charge is 0.444 e. The maximum absolute atomic E-state index is 11.8. The van der Waals surface area contributed by atoms with E-state index in [9.17, 15) is 4.79 Å². The van der Waals surface area contributed by atoms with Crippen molar-refractivity contribution in [1.29, 1.82) is 0 Å². The predicted octanol–water partition coefficient (Wildman–Crippen LogP) is 2.61. The lowest BCUT2D eigenvalue weighted by Crippen LogP contribution is -2.49. The van der Waals surface area contributed by atoms with E-state index >= 15 is 0 Å². The highest BCUT2D eigenvalue weighted by molar-refractivity contribution is 5.67. The topological polar surface area (TPSA) is 53.6 Å². The van der Waals surface area contributed by atoms with E-state index < -0.39 is 5.60 Å². The average Bonchev–Trinajstić information content (AvgIpc) is 2.34. The zero-order valence-electron chi connectivity index (χ0n) is 15.2. The molecule has 0 aliphatic heterocycles. The molecule has 1 fully saturated rings. The Kier molecular flexibility index (Phi) is 7.63. The van der Waals surface area contributed by atoms with Crippen LogP contribution in [-0.2, 0) is 4.74 Å². The van der Waals surface area contributed by atoms with Crippen molar-refractivity contribution in [3.8, 4) is 0 Å². The van der Waals surface area contributed by atoms with Gasteiger partial charge in [0.15, 0.2) is 0 Å². The van der Waals surface area contributed by atoms with Gasteiger partial charge < -0.3 is 20.3 Å². The SMILES string of the molecule is CC(CN(C)C)NC1CCCCC1CNC(=O)OC(C)(C)C. The molecule has 0 bridgehead atoms. The third kappa shape index (κ3) is 7.99. The van der Waals surface area contributed by atoms with E-state index in [4.69, 9.17) is 4.74 Å². The van der Waals surface area contributed by atoms with Crippen LogP contribution in [0.3, 0.4) is 0 Å². The fraction of sp³-hybridized carbons (Fsp3) is 0.941. The predicted molar refractivity (Wildman–Crippen MR) is 91.1 cm³/mol. The molecular formula is C17H35N3O2. The number of carbonyl (C=O) groups excluding carboxylic acids is 1. The summed E-state index contributed by atoms with van der Waals surface area (Å²) in [5.74, 6) is 0.492. The smallest absolute Gasteiger partial charge is 0.407 e. The Labute approximate surface area is 136 Å². The van der Waals surface area contributed by atoms with Gasteiger partial charge in [-0.15, -0.1) is 0 Å². The molecule has 1 amide bonds. The summed E-state index contributed by atoms with van der Waals surface area (Å²) in [6.07, 6.45) is 4.58. The Bertz CT molecular complexity index is 339. The summed E-state index contributed by atoms with van der Waals surface area (Å²) in [4.78, 5) is 14.0. The Balaban J connectivity index is 2.43. The van der Waals surface area contributed by atoms with E-state index in [2.05, 4.69) is 36.6 Å². The summed E-state index contributed by atoms with van der Waals surface area (Å²) >= 11 is 0. The third-order valence-corrected chi connectivity index (χ3v) is 3.95. The molecule has 3 unspecified atom stereocenters. The van der Waals surface area contributed by atoms with Crippen LogP contribution in [0.25, 0.3) is 0 Å². The molecule has 130 valence electrons. The molecule has 5 nitrogen and oxygen atoms in total. The minimum absolute atomic E-state index is 0.307. The number of carbonyl (C=O) groups is 1. The number of ether oxygens (including phenoxy) is 1. The van der Waals surface area contributed by atoms with Gasteiger partial charge in [0.25, 0.3) is 0 Å². The first kappa shape index (κ1) is 19.2. The molecule has 0 spiro atoms. The van der Waals surface area contributed by atoms with Crippen LogP contribution in [0.4, 0.5) is 4.79 Å². The van der Waals surface area contributed by atoms with Crippen LogP contribution >= 0.6 is 0 Å². The molecule has 2 N–H and O–H groups in total. The summed E-state index contributed by atoms with van der Waals surface area (Å²) < 4.78 is 5.32. The van der Waals surface area contributed by atoms with Crippen molar-refractivity contribution in [2.24, 2.45) is 5.92 Å². The van der Waals surface area contributed by atoms with Crippen molar-refractivity contribution < 1.29 is 9.53 Å². The standard InChI is InChI=1S/C17H35N3O2/c1-13(12-20(5)6)19-15-10-8-7-9-14(15)11-18-16(21)22-17(2,3)4/h13-15,19H,7-12H2,1-6H3,(H,18,21). The molecule has 22 heavy (non-hydrogen) atoms. The Hall–Kier alpha value is -0.810. The van der Waals surface area contributed by atoms with Crippen molar-refractivity contribution >= 4 is 6.09 Å². The van der Waals surface area contributed by atoms with E-state index in [1.54, 1.807) is 0 Å². The lowest BCUT2D eigenvalue weighted by molar-refractivity contribution is 0.0510. The summed E-state index contributed by atoms with van der Waals surface area (Å²) in [7, 11) is 4.20. The van der Waals surface area contributed by atoms with E-state index in [1.807, 2.05) is 20.8 Å². The molecule has 0 aromatic heterocycles. The molecule has 0 radical (unpaired) electrons. The number of likely N-dealkylation sites (N-methyl/N-ethyl adjacent to an activating group) is 1. The maximum atomic E-state index is 11.8. The molecule has 3 atom stereocenters.